The molecule has 0 N–H and O–H groups in total. The van der Waals surface area contributed by atoms with Crippen molar-refractivity contribution in [1.82, 2.24) is 0 Å². The van der Waals surface area contributed by atoms with Crippen LogP contribution < -0.4 is 9.80 Å². The van der Waals surface area contributed by atoms with Crippen LogP contribution in [0.15, 0.2) is 170 Å². The number of anilines is 6. The standard InChI is InChI=1S/C58H64N2/c1-9-11-13-43-15-31-51(32-16-43)59(55-39-27-49(28-40-55)57(3,4)5)53-35-23-47(24-36-53)45-19-21-46(22-20-45)48-25-37-54(38-26-48)60(52-33-17-44(18-34-52)14-12-10-2)56-41-29-50(30-42-56)58(6,7)8/h15-42H,9-14H2,1-8H3. The number of rotatable bonds is 14. The van der Waals surface area contributed by atoms with Crippen molar-refractivity contribution in [3.8, 4) is 22.3 Å². The van der Waals surface area contributed by atoms with Gasteiger partial charge in [0, 0.05) is 34.1 Å². The van der Waals surface area contributed by atoms with E-state index in [1.165, 1.54) is 81.6 Å². The molecule has 2 heteroatoms. The van der Waals surface area contributed by atoms with Gasteiger partial charge in [-0.25, -0.2) is 0 Å². The third kappa shape index (κ3) is 10.1. The summed E-state index contributed by atoms with van der Waals surface area (Å²) in [5.41, 5.74) is 17.4. The monoisotopic (exact) mass is 789 g/mol. The Kier molecular flexibility index (Phi) is 13.1. The van der Waals surface area contributed by atoms with Crippen molar-refractivity contribution >= 4 is 34.1 Å². The topological polar surface area (TPSA) is 6.48 Å². The summed E-state index contributed by atoms with van der Waals surface area (Å²) in [5, 5.41) is 0. The summed E-state index contributed by atoms with van der Waals surface area (Å²) in [6, 6.07) is 63.4. The van der Waals surface area contributed by atoms with Crippen LogP contribution in [0.3, 0.4) is 0 Å². The molecule has 0 fully saturated rings. The molecule has 0 spiro atoms. The number of hydrogen-bond donors (Lipinski definition) is 0. The minimum atomic E-state index is 0.103. The molecule has 0 atom stereocenters. The van der Waals surface area contributed by atoms with Crippen LogP contribution in [0.4, 0.5) is 34.1 Å². The zero-order valence-corrected chi connectivity index (χ0v) is 37.3. The van der Waals surface area contributed by atoms with Crippen LogP contribution in [0.25, 0.3) is 22.3 Å². The second-order valence-corrected chi connectivity index (χ2v) is 18.5. The molecule has 0 aromatic heterocycles. The lowest BCUT2D eigenvalue weighted by atomic mass is 9.87. The van der Waals surface area contributed by atoms with Gasteiger partial charge in [0.15, 0.2) is 0 Å². The number of hydrogen-bond acceptors (Lipinski definition) is 2. The van der Waals surface area contributed by atoms with Crippen molar-refractivity contribution in [2.24, 2.45) is 0 Å². The first-order valence-corrected chi connectivity index (χ1v) is 22.2. The summed E-state index contributed by atoms with van der Waals surface area (Å²) < 4.78 is 0. The lowest BCUT2D eigenvalue weighted by molar-refractivity contribution is 0.590. The van der Waals surface area contributed by atoms with E-state index in [2.05, 4.69) is 235 Å². The minimum Gasteiger partial charge on any atom is -0.311 e. The fourth-order valence-electron chi connectivity index (χ4n) is 7.96. The number of nitrogens with zero attached hydrogens (tertiary/aromatic N) is 2. The Morgan fingerprint density at radius 3 is 0.750 bits per heavy atom. The van der Waals surface area contributed by atoms with Gasteiger partial charge in [0.1, 0.15) is 0 Å². The lowest BCUT2D eigenvalue weighted by Gasteiger charge is -2.27. The number of aryl methyl sites for hydroxylation is 2. The fraction of sp³-hybridized carbons (Fsp3) is 0.276. The van der Waals surface area contributed by atoms with E-state index in [-0.39, 0.29) is 10.8 Å². The van der Waals surface area contributed by atoms with E-state index in [0.717, 1.165) is 35.6 Å². The molecule has 7 aromatic carbocycles. The molecule has 0 unspecified atom stereocenters. The van der Waals surface area contributed by atoms with Gasteiger partial charge < -0.3 is 9.80 Å². The molecular weight excluding hydrogens is 725 g/mol. The number of unbranched alkanes of at least 4 members (excludes halogenated alkanes) is 2. The molecule has 2 nitrogen and oxygen atoms in total. The largest absolute Gasteiger partial charge is 0.311 e. The Morgan fingerprint density at radius 1 is 0.300 bits per heavy atom. The van der Waals surface area contributed by atoms with Crippen LogP contribution in [-0.2, 0) is 23.7 Å². The highest BCUT2D eigenvalue weighted by molar-refractivity contribution is 5.81. The maximum atomic E-state index is 2.37. The molecular formula is C58H64N2. The average Bonchev–Trinajstić information content (AvgIpc) is 3.26. The highest BCUT2D eigenvalue weighted by Crippen LogP contribution is 2.39. The molecule has 0 saturated carbocycles. The Bertz CT molecular complexity index is 2210. The van der Waals surface area contributed by atoms with Crippen LogP contribution in [0, 0.1) is 0 Å². The summed E-state index contributed by atoms with van der Waals surface area (Å²) >= 11 is 0. The van der Waals surface area contributed by atoms with Gasteiger partial charge in [-0.05, 0) is 154 Å². The Labute approximate surface area is 361 Å². The van der Waals surface area contributed by atoms with E-state index in [9.17, 15) is 0 Å². The van der Waals surface area contributed by atoms with Gasteiger partial charge in [0.2, 0.25) is 0 Å². The second kappa shape index (κ2) is 18.6. The van der Waals surface area contributed by atoms with Gasteiger partial charge in [0.25, 0.3) is 0 Å². The summed E-state index contributed by atoms with van der Waals surface area (Å²) in [7, 11) is 0. The molecule has 60 heavy (non-hydrogen) atoms. The molecule has 7 rings (SSSR count). The van der Waals surface area contributed by atoms with Gasteiger partial charge in [-0.2, -0.15) is 0 Å². The molecule has 0 radical (unpaired) electrons. The quantitative estimate of drug-likeness (QED) is 0.108. The molecule has 306 valence electrons. The normalized spacial score (nSPS) is 11.7. The molecule has 0 saturated heterocycles. The van der Waals surface area contributed by atoms with E-state index >= 15 is 0 Å². The van der Waals surface area contributed by atoms with Crippen LogP contribution in [0.5, 0.6) is 0 Å². The van der Waals surface area contributed by atoms with Gasteiger partial charge in [-0.15, -0.1) is 0 Å². The maximum Gasteiger partial charge on any atom is 0.0462 e. The van der Waals surface area contributed by atoms with Crippen LogP contribution in [0.1, 0.15) is 103 Å². The van der Waals surface area contributed by atoms with Gasteiger partial charge >= 0.3 is 0 Å². The second-order valence-electron chi connectivity index (χ2n) is 18.5. The summed E-state index contributed by atoms with van der Waals surface area (Å²) in [5.74, 6) is 0. The Hall–Kier alpha value is -5.86. The fourth-order valence-corrected chi connectivity index (χ4v) is 7.96. The van der Waals surface area contributed by atoms with Crippen molar-refractivity contribution in [2.45, 2.75) is 105 Å². The highest BCUT2D eigenvalue weighted by Gasteiger charge is 2.19. The highest BCUT2D eigenvalue weighted by atomic mass is 15.1. The van der Waals surface area contributed by atoms with Crippen molar-refractivity contribution in [1.29, 1.82) is 0 Å². The first-order chi connectivity index (χ1) is 28.9. The first-order valence-electron chi connectivity index (χ1n) is 22.2. The van der Waals surface area contributed by atoms with Gasteiger partial charge in [0.05, 0.1) is 0 Å². The zero-order valence-electron chi connectivity index (χ0n) is 37.3. The van der Waals surface area contributed by atoms with E-state index in [1.807, 2.05) is 0 Å². The van der Waals surface area contributed by atoms with Gasteiger partial charge in [-0.1, -0.05) is 165 Å². The van der Waals surface area contributed by atoms with Crippen molar-refractivity contribution < 1.29 is 0 Å². The van der Waals surface area contributed by atoms with Crippen LogP contribution >= 0.6 is 0 Å². The van der Waals surface area contributed by atoms with Crippen LogP contribution in [0.2, 0.25) is 0 Å². The average molecular weight is 789 g/mol. The molecule has 7 aromatic rings. The minimum absolute atomic E-state index is 0.103. The van der Waals surface area contributed by atoms with E-state index in [4.69, 9.17) is 0 Å². The molecule has 0 heterocycles. The van der Waals surface area contributed by atoms with E-state index < -0.39 is 0 Å². The van der Waals surface area contributed by atoms with Crippen molar-refractivity contribution in [3.63, 3.8) is 0 Å². The zero-order chi connectivity index (χ0) is 42.3. The SMILES string of the molecule is CCCCc1ccc(N(c2ccc(-c3ccc(-c4ccc(N(c5ccc(CCCC)cc5)c5ccc(C(C)(C)C)cc5)cc4)cc3)cc2)c2ccc(C(C)(C)C)cc2)cc1. The first kappa shape index (κ1) is 42.3. The summed E-state index contributed by atoms with van der Waals surface area (Å²) in [6.45, 7) is 18.1. The summed E-state index contributed by atoms with van der Waals surface area (Å²) in [6.07, 6.45) is 7.08. The van der Waals surface area contributed by atoms with E-state index in [0.29, 0.717) is 0 Å². The Morgan fingerprint density at radius 2 is 0.517 bits per heavy atom. The van der Waals surface area contributed by atoms with E-state index in [1.54, 1.807) is 0 Å². The molecule has 0 aliphatic heterocycles. The third-order valence-corrected chi connectivity index (χ3v) is 11.8. The summed E-state index contributed by atoms with van der Waals surface area (Å²) in [4.78, 5) is 4.74. The van der Waals surface area contributed by atoms with Crippen LogP contribution in [-0.4, -0.2) is 0 Å². The Balaban J connectivity index is 1.12. The smallest absolute Gasteiger partial charge is 0.0462 e. The van der Waals surface area contributed by atoms with Crippen molar-refractivity contribution in [3.05, 3.63) is 192 Å². The molecule has 0 aliphatic rings. The molecule has 0 amide bonds. The third-order valence-electron chi connectivity index (χ3n) is 11.8. The molecule has 0 bridgehead atoms. The lowest BCUT2D eigenvalue weighted by Crippen LogP contribution is -2.13. The number of benzene rings is 7. The predicted molar refractivity (Wildman–Crippen MR) is 261 cm³/mol. The maximum absolute atomic E-state index is 2.37. The predicted octanol–water partition coefficient (Wildman–Crippen LogP) is 17.2. The van der Waals surface area contributed by atoms with Crippen molar-refractivity contribution in [2.75, 3.05) is 9.80 Å². The van der Waals surface area contributed by atoms with Gasteiger partial charge in [-0.3, -0.25) is 0 Å². The molecule has 0 aliphatic carbocycles.